The number of rotatable bonds is 6. The van der Waals surface area contributed by atoms with Crippen LogP contribution in [0.3, 0.4) is 0 Å². The molecule has 1 heterocycles. The first-order valence-electron chi connectivity index (χ1n) is 8.28. The van der Waals surface area contributed by atoms with Crippen molar-refractivity contribution in [2.24, 2.45) is 0 Å². The maximum absolute atomic E-state index is 12.5. The van der Waals surface area contributed by atoms with Crippen LogP contribution in [0.4, 0.5) is 10.5 Å². The van der Waals surface area contributed by atoms with Gasteiger partial charge in [-0.25, -0.2) is 4.79 Å². The molecule has 1 aromatic heterocycles. The smallest absolute Gasteiger partial charge is 0.322 e. The maximum atomic E-state index is 12.5. The monoisotopic (exact) mass is 340 g/mol. The molecule has 1 atom stereocenters. The number of hydrogen-bond donors (Lipinski definition) is 2. The van der Waals surface area contributed by atoms with Crippen LogP contribution in [0, 0.1) is 0 Å². The predicted molar refractivity (Wildman–Crippen MR) is 98.3 cm³/mol. The lowest BCUT2D eigenvalue weighted by Crippen LogP contribution is -2.34. The van der Waals surface area contributed by atoms with Gasteiger partial charge in [0.2, 0.25) is 5.91 Å². The number of carbonyl (C=O) groups is 2. The van der Waals surface area contributed by atoms with E-state index in [0.717, 1.165) is 17.5 Å². The summed E-state index contributed by atoms with van der Waals surface area (Å²) in [5.74, 6) is -0.0420. The van der Waals surface area contributed by atoms with E-state index in [-0.39, 0.29) is 18.0 Å². The molecule has 0 bridgehead atoms. The van der Waals surface area contributed by atoms with Crippen LogP contribution in [-0.2, 0) is 11.2 Å². The number of nitrogens with one attached hydrogen (secondary N) is 2. The molecule has 2 aromatic rings. The van der Waals surface area contributed by atoms with Crippen molar-refractivity contribution in [2.75, 3.05) is 19.4 Å². The maximum Gasteiger partial charge on any atom is 0.322 e. The molecule has 1 aromatic carbocycles. The van der Waals surface area contributed by atoms with Crippen LogP contribution in [0.25, 0.3) is 0 Å². The molecule has 0 fully saturated rings. The van der Waals surface area contributed by atoms with Gasteiger partial charge in [0.1, 0.15) is 0 Å². The summed E-state index contributed by atoms with van der Waals surface area (Å²) in [6, 6.07) is 10.9. The molecular formula is C19H24N4O2. The van der Waals surface area contributed by atoms with E-state index in [4.69, 9.17) is 0 Å². The zero-order valence-corrected chi connectivity index (χ0v) is 14.8. The van der Waals surface area contributed by atoms with Gasteiger partial charge < -0.3 is 15.5 Å². The van der Waals surface area contributed by atoms with Crippen LogP contribution in [-0.4, -0.2) is 35.9 Å². The minimum atomic E-state index is -0.178. The molecule has 0 radical (unpaired) electrons. The molecule has 0 aliphatic carbocycles. The van der Waals surface area contributed by atoms with Gasteiger partial charge >= 0.3 is 6.03 Å². The fourth-order valence-electron chi connectivity index (χ4n) is 2.65. The van der Waals surface area contributed by atoms with Crippen molar-refractivity contribution in [1.82, 2.24) is 15.2 Å². The van der Waals surface area contributed by atoms with E-state index < -0.39 is 0 Å². The Labute approximate surface area is 148 Å². The summed E-state index contributed by atoms with van der Waals surface area (Å²) in [5, 5.41) is 5.48. The Hall–Kier alpha value is -2.89. The summed E-state index contributed by atoms with van der Waals surface area (Å²) in [6.07, 6.45) is 4.59. The summed E-state index contributed by atoms with van der Waals surface area (Å²) in [7, 11) is 3.39. The number of pyridine rings is 1. The lowest BCUT2D eigenvalue weighted by atomic mass is 10.1. The molecule has 2 rings (SSSR count). The largest absolute Gasteiger partial charge is 0.359 e. The van der Waals surface area contributed by atoms with Crippen LogP contribution >= 0.6 is 0 Å². The molecule has 0 aliphatic rings. The quantitative estimate of drug-likeness (QED) is 0.849. The number of likely N-dealkylation sites (N-methyl/N-ethyl adjacent to an activating group) is 1. The van der Waals surface area contributed by atoms with E-state index in [9.17, 15) is 9.59 Å². The second-order valence-electron chi connectivity index (χ2n) is 5.79. The first-order valence-corrected chi connectivity index (χ1v) is 8.28. The molecular weight excluding hydrogens is 316 g/mol. The molecule has 2 N–H and O–H groups in total. The summed E-state index contributed by atoms with van der Waals surface area (Å²) in [5.41, 5.74) is 2.65. The van der Waals surface area contributed by atoms with Gasteiger partial charge in [-0.1, -0.05) is 19.1 Å². The first-order chi connectivity index (χ1) is 12.0. The van der Waals surface area contributed by atoms with E-state index in [1.54, 1.807) is 43.5 Å². The fourth-order valence-corrected chi connectivity index (χ4v) is 2.65. The number of benzene rings is 1. The van der Waals surface area contributed by atoms with Crippen LogP contribution in [0.5, 0.6) is 0 Å². The second-order valence-corrected chi connectivity index (χ2v) is 5.79. The van der Waals surface area contributed by atoms with Gasteiger partial charge in [-0.15, -0.1) is 0 Å². The number of anilines is 1. The third-order valence-electron chi connectivity index (χ3n) is 4.11. The van der Waals surface area contributed by atoms with E-state index in [0.29, 0.717) is 12.1 Å². The number of aromatic nitrogens is 1. The Morgan fingerprint density at radius 2 is 1.76 bits per heavy atom. The first kappa shape index (κ1) is 18.4. The third kappa shape index (κ3) is 5.04. The molecule has 6 heteroatoms. The Morgan fingerprint density at radius 3 is 2.32 bits per heavy atom. The zero-order chi connectivity index (χ0) is 18.2. The van der Waals surface area contributed by atoms with Crippen molar-refractivity contribution in [2.45, 2.75) is 25.8 Å². The van der Waals surface area contributed by atoms with Gasteiger partial charge in [-0.2, -0.15) is 0 Å². The van der Waals surface area contributed by atoms with E-state index in [1.807, 2.05) is 31.2 Å². The minimum Gasteiger partial charge on any atom is -0.359 e. The Morgan fingerprint density at radius 1 is 1.12 bits per heavy atom. The Bertz CT molecular complexity index is 701. The molecule has 0 aliphatic heterocycles. The van der Waals surface area contributed by atoms with Crippen LogP contribution in [0.15, 0.2) is 48.8 Å². The number of hydrogen-bond acceptors (Lipinski definition) is 3. The van der Waals surface area contributed by atoms with Crippen molar-refractivity contribution in [3.05, 3.63) is 59.9 Å². The molecule has 0 saturated carbocycles. The average molecular weight is 340 g/mol. The Kier molecular flexibility index (Phi) is 6.51. The number of urea groups is 1. The van der Waals surface area contributed by atoms with Crippen molar-refractivity contribution < 1.29 is 9.59 Å². The van der Waals surface area contributed by atoms with Crippen molar-refractivity contribution in [3.8, 4) is 0 Å². The molecule has 25 heavy (non-hydrogen) atoms. The summed E-state index contributed by atoms with van der Waals surface area (Å²) >= 11 is 0. The summed E-state index contributed by atoms with van der Waals surface area (Å²) in [4.78, 5) is 29.6. The van der Waals surface area contributed by atoms with Gasteiger partial charge in [0.25, 0.3) is 0 Å². The van der Waals surface area contributed by atoms with Gasteiger partial charge in [-0.05, 0) is 41.8 Å². The fraction of sp³-hybridized carbons (Fsp3) is 0.316. The van der Waals surface area contributed by atoms with Crippen molar-refractivity contribution in [3.63, 3.8) is 0 Å². The van der Waals surface area contributed by atoms with Gasteiger partial charge in [0, 0.05) is 32.2 Å². The van der Waals surface area contributed by atoms with Gasteiger partial charge in [-0.3, -0.25) is 9.78 Å². The van der Waals surface area contributed by atoms with Crippen LogP contribution < -0.4 is 10.6 Å². The van der Waals surface area contributed by atoms with Crippen LogP contribution in [0.1, 0.15) is 30.5 Å². The van der Waals surface area contributed by atoms with Crippen molar-refractivity contribution in [1.29, 1.82) is 0 Å². The average Bonchev–Trinajstić information content (AvgIpc) is 2.64. The van der Waals surface area contributed by atoms with E-state index in [2.05, 4.69) is 15.6 Å². The molecule has 3 amide bonds. The highest BCUT2D eigenvalue weighted by Gasteiger charge is 2.20. The number of carbonyl (C=O) groups excluding carboxylic acids is 2. The van der Waals surface area contributed by atoms with Crippen LogP contribution in [0.2, 0.25) is 0 Å². The Balaban J connectivity index is 2.01. The topological polar surface area (TPSA) is 74.3 Å². The third-order valence-corrected chi connectivity index (χ3v) is 4.11. The lowest BCUT2D eigenvalue weighted by molar-refractivity contribution is -0.119. The highest BCUT2D eigenvalue weighted by Crippen LogP contribution is 2.23. The highest BCUT2D eigenvalue weighted by molar-refractivity contribution is 5.89. The van der Waals surface area contributed by atoms with Gasteiger partial charge in [0.05, 0.1) is 12.5 Å². The second kappa shape index (κ2) is 8.82. The molecule has 132 valence electrons. The number of amides is 3. The zero-order valence-electron chi connectivity index (χ0n) is 14.8. The molecule has 1 unspecified atom stereocenters. The SMILES string of the molecule is CCC(c1ccncc1)N(C)C(=O)Nc1ccc(CC(=O)NC)cc1. The number of nitrogens with zero attached hydrogens (tertiary/aromatic N) is 2. The molecule has 0 spiro atoms. The lowest BCUT2D eigenvalue weighted by Gasteiger charge is -2.27. The normalized spacial score (nSPS) is 11.5. The standard InChI is InChI=1S/C19H24N4O2/c1-4-17(15-9-11-21-12-10-15)23(3)19(25)22-16-7-5-14(6-8-16)13-18(24)20-2/h5-12,17H,4,13H2,1-3H3,(H,20,24)(H,22,25). The van der Waals surface area contributed by atoms with E-state index in [1.165, 1.54) is 0 Å². The summed E-state index contributed by atoms with van der Waals surface area (Å²) in [6.45, 7) is 2.04. The predicted octanol–water partition coefficient (Wildman–Crippen LogP) is 2.99. The molecule has 0 saturated heterocycles. The highest BCUT2D eigenvalue weighted by atomic mass is 16.2. The van der Waals surface area contributed by atoms with Crippen molar-refractivity contribution >= 4 is 17.6 Å². The van der Waals surface area contributed by atoms with E-state index >= 15 is 0 Å². The minimum absolute atomic E-state index is 0.0180. The molecule has 6 nitrogen and oxygen atoms in total. The summed E-state index contributed by atoms with van der Waals surface area (Å²) < 4.78 is 0. The van der Waals surface area contributed by atoms with Gasteiger partial charge in [0.15, 0.2) is 0 Å².